The van der Waals surface area contributed by atoms with Gasteiger partial charge < -0.3 is 0 Å². The van der Waals surface area contributed by atoms with E-state index in [0.717, 1.165) is 25.4 Å². The van der Waals surface area contributed by atoms with Gasteiger partial charge in [-0.1, -0.05) is 0 Å². The van der Waals surface area contributed by atoms with E-state index in [-0.39, 0.29) is 35.9 Å². The van der Waals surface area contributed by atoms with Crippen LogP contribution in [0, 0.1) is 35.5 Å². The Morgan fingerprint density at radius 1 is 0.700 bits per heavy atom. The lowest BCUT2D eigenvalue weighted by Gasteiger charge is -2.32. The first-order valence-corrected chi connectivity index (χ1v) is 10.6. The molecule has 0 aromatic carbocycles. The Labute approximate surface area is 119 Å². The van der Waals surface area contributed by atoms with Crippen LogP contribution in [0.2, 0.25) is 0 Å². The zero-order valence-corrected chi connectivity index (χ0v) is 12.9. The fourth-order valence-corrected chi connectivity index (χ4v) is 7.06. The first-order valence-electron chi connectivity index (χ1n) is 6.92. The van der Waals surface area contributed by atoms with E-state index in [0.29, 0.717) is 11.8 Å². The molecule has 4 rings (SSSR count). The van der Waals surface area contributed by atoms with Gasteiger partial charge in [0.05, 0.1) is 24.7 Å². The van der Waals surface area contributed by atoms with Crippen molar-refractivity contribution in [2.24, 2.45) is 35.5 Å². The molecule has 8 heteroatoms. The van der Waals surface area contributed by atoms with Crippen molar-refractivity contribution in [1.82, 2.24) is 0 Å². The van der Waals surface area contributed by atoms with Crippen LogP contribution in [0.3, 0.4) is 0 Å². The molecule has 0 aromatic rings. The van der Waals surface area contributed by atoms with Crippen molar-refractivity contribution in [3.8, 4) is 0 Å². The zero-order valence-electron chi connectivity index (χ0n) is 11.3. The predicted octanol–water partition coefficient (Wildman–Crippen LogP) is 0.208. The molecule has 4 aliphatic rings. The minimum atomic E-state index is -3.47. The number of hydrogen-bond donors (Lipinski definition) is 0. The Kier molecular flexibility index (Phi) is 2.54. The SMILES string of the molecule is CS(=O)(=O)OC1C2CC3C4CC2C(C4OS(C)(=O)=O)C31. The van der Waals surface area contributed by atoms with Gasteiger partial charge in [0.2, 0.25) is 0 Å². The standard InChI is InChI=1S/C12H18O6S2/c1-19(13,14)17-11-7-3-6-8-4-5(7)10(9(6)11)12(8)18-20(2,15)16/h5-12H,3-4H2,1-2H3. The van der Waals surface area contributed by atoms with Gasteiger partial charge in [-0.25, -0.2) is 0 Å². The maximum Gasteiger partial charge on any atom is 0.264 e. The first-order chi connectivity index (χ1) is 9.16. The number of rotatable bonds is 4. The summed E-state index contributed by atoms with van der Waals surface area (Å²) in [7, 11) is -6.94. The van der Waals surface area contributed by atoms with E-state index in [1.54, 1.807) is 0 Å². The van der Waals surface area contributed by atoms with Crippen molar-refractivity contribution in [2.75, 3.05) is 12.5 Å². The van der Waals surface area contributed by atoms with Crippen LogP contribution in [-0.4, -0.2) is 41.6 Å². The van der Waals surface area contributed by atoms with Gasteiger partial charge in [-0.2, -0.15) is 16.8 Å². The highest BCUT2D eigenvalue weighted by Gasteiger charge is 2.74. The largest absolute Gasteiger partial charge is 0.266 e. The van der Waals surface area contributed by atoms with E-state index in [1.165, 1.54) is 0 Å². The summed E-state index contributed by atoms with van der Waals surface area (Å²) in [5.74, 6) is 1.57. The molecule has 4 aliphatic carbocycles. The molecule has 8 atom stereocenters. The van der Waals surface area contributed by atoms with Crippen molar-refractivity contribution in [2.45, 2.75) is 25.0 Å². The van der Waals surface area contributed by atoms with Crippen LogP contribution in [0.1, 0.15) is 12.8 Å². The molecule has 0 N–H and O–H groups in total. The van der Waals surface area contributed by atoms with Crippen LogP contribution < -0.4 is 0 Å². The van der Waals surface area contributed by atoms with Crippen LogP contribution in [0.15, 0.2) is 0 Å². The minimum absolute atomic E-state index is 0.158. The number of fused-ring (bicyclic) bond motifs is 4. The summed E-state index contributed by atoms with van der Waals surface area (Å²) in [6.07, 6.45) is 3.57. The number of hydrogen-bond acceptors (Lipinski definition) is 6. The Bertz CT molecular complexity index is 595. The highest BCUT2D eigenvalue weighted by molar-refractivity contribution is 7.86. The van der Waals surface area contributed by atoms with E-state index in [1.807, 2.05) is 0 Å². The molecular formula is C12H18O6S2. The molecule has 0 spiro atoms. The molecular weight excluding hydrogens is 304 g/mol. The second kappa shape index (κ2) is 3.77. The van der Waals surface area contributed by atoms with E-state index in [2.05, 4.69) is 0 Å². The third-order valence-corrected chi connectivity index (χ3v) is 6.94. The molecule has 0 aromatic heterocycles. The quantitative estimate of drug-likeness (QED) is 0.688. The molecule has 0 heterocycles. The highest BCUT2D eigenvalue weighted by atomic mass is 32.2. The average Bonchev–Trinajstić information content (AvgIpc) is 2.89. The lowest BCUT2D eigenvalue weighted by Crippen LogP contribution is -2.28. The predicted molar refractivity (Wildman–Crippen MR) is 69.6 cm³/mol. The molecule has 0 amide bonds. The molecule has 114 valence electrons. The van der Waals surface area contributed by atoms with Gasteiger partial charge >= 0.3 is 0 Å². The maximum atomic E-state index is 11.4. The van der Waals surface area contributed by atoms with Gasteiger partial charge in [-0.15, -0.1) is 0 Å². The summed E-state index contributed by atoms with van der Waals surface area (Å²) in [6.45, 7) is 0. The van der Waals surface area contributed by atoms with Crippen molar-refractivity contribution in [3.05, 3.63) is 0 Å². The van der Waals surface area contributed by atoms with Crippen LogP contribution in [0.4, 0.5) is 0 Å². The molecule has 20 heavy (non-hydrogen) atoms. The molecule has 0 saturated heterocycles. The molecule has 4 bridgehead atoms. The van der Waals surface area contributed by atoms with Crippen molar-refractivity contribution < 1.29 is 25.2 Å². The summed E-state index contributed by atoms with van der Waals surface area (Å²) in [5.41, 5.74) is 0. The van der Waals surface area contributed by atoms with Crippen LogP contribution in [0.25, 0.3) is 0 Å². The monoisotopic (exact) mass is 322 g/mol. The topological polar surface area (TPSA) is 86.7 Å². The van der Waals surface area contributed by atoms with Crippen molar-refractivity contribution >= 4 is 20.2 Å². The van der Waals surface area contributed by atoms with E-state index >= 15 is 0 Å². The third kappa shape index (κ3) is 1.74. The minimum Gasteiger partial charge on any atom is -0.266 e. The second-order valence-electron chi connectivity index (χ2n) is 6.81. The van der Waals surface area contributed by atoms with E-state index in [4.69, 9.17) is 8.37 Å². The van der Waals surface area contributed by atoms with Gasteiger partial charge in [-0.05, 0) is 48.3 Å². The van der Waals surface area contributed by atoms with Gasteiger partial charge in [0.25, 0.3) is 20.2 Å². The summed E-state index contributed by atoms with van der Waals surface area (Å²) >= 11 is 0. The summed E-state index contributed by atoms with van der Waals surface area (Å²) in [5, 5.41) is 0. The van der Waals surface area contributed by atoms with E-state index < -0.39 is 20.2 Å². The Morgan fingerprint density at radius 2 is 1.05 bits per heavy atom. The van der Waals surface area contributed by atoms with Crippen molar-refractivity contribution in [1.29, 1.82) is 0 Å². The Hall–Kier alpha value is -0.180. The summed E-state index contributed by atoms with van der Waals surface area (Å²) in [6, 6.07) is 0. The summed E-state index contributed by atoms with van der Waals surface area (Å²) in [4.78, 5) is 0. The maximum absolute atomic E-state index is 11.4. The van der Waals surface area contributed by atoms with Gasteiger partial charge in [0.1, 0.15) is 0 Å². The first kappa shape index (κ1) is 13.5. The molecule has 0 aliphatic heterocycles. The molecule has 4 saturated carbocycles. The van der Waals surface area contributed by atoms with Gasteiger partial charge in [0, 0.05) is 0 Å². The van der Waals surface area contributed by atoms with Crippen LogP contribution in [0.5, 0.6) is 0 Å². The molecule has 6 nitrogen and oxygen atoms in total. The van der Waals surface area contributed by atoms with Gasteiger partial charge in [0.15, 0.2) is 0 Å². The van der Waals surface area contributed by atoms with E-state index in [9.17, 15) is 16.8 Å². The van der Waals surface area contributed by atoms with Crippen LogP contribution in [-0.2, 0) is 28.6 Å². The average molecular weight is 322 g/mol. The lowest BCUT2D eigenvalue weighted by atomic mass is 9.71. The van der Waals surface area contributed by atoms with Crippen molar-refractivity contribution in [3.63, 3.8) is 0 Å². The Balaban J connectivity index is 1.64. The molecule has 4 fully saturated rings. The molecule has 0 radical (unpaired) electrons. The zero-order chi connectivity index (χ0) is 14.4. The fraction of sp³-hybridized carbons (Fsp3) is 1.00. The smallest absolute Gasteiger partial charge is 0.264 e. The molecule has 8 unspecified atom stereocenters. The van der Waals surface area contributed by atoms with Gasteiger partial charge in [-0.3, -0.25) is 8.37 Å². The highest BCUT2D eigenvalue weighted by Crippen LogP contribution is 2.73. The summed E-state index contributed by atoms with van der Waals surface area (Å²) < 4.78 is 56.3. The Morgan fingerprint density at radius 3 is 1.35 bits per heavy atom. The second-order valence-corrected chi connectivity index (χ2v) is 10.0. The van der Waals surface area contributed by atoms with Crippen LogP contribution >= 0.6 is 0 Å². The normalized spacial score (nSPS) is 52.3. The lowest BCUT2D eigenvalue weighted by molar-refractivity contribution is 0.129. The fourth-order valence-electron chi connectivity index (χ4n) is 5.71. The third-order valence-electron chi connectivity index (χ3n) is 5.80.